The maximum Gasteiger partial charge on any atom is 0.222 e. The van der Waals surface area contributed by atoms with Crippen LogP contribution < -0.4 is 5.32 Å². The molecule has 0 bridgehead atoms. The molecular weight excluding hydrogens is 318 g/mol. The minimum atomic E-state index is 0.606. The lowest BCUT2D eigenvalue weighted by Gasteiger charge is -2.01. The van der Waals surface area contributed by atoms with Gasteiger partial charge in [-0.05, 0) is 18.2 Å². The first-order chi connectivity index (χ1) is 11.8. The summed E-state index contributed by atoms with van der Waals surface area (Å²) in [5, 5.41) is 4.99. The summed E-state index contributed by atoms with van der Waals surface area (Å²) < 4.78 is 2.10. The lowest BCUT2D eigenvalue weighted by atomic mass is 10.1. The van der Waals surface area contributed by atoms with Crippen LogP contribution in [0.3, 0.4) is 0 Å². The first kappa shape index (κ1) is 14.6. The molecule has 5 nitrogen and oxygen atoms in total. The molecule has 0 spiro atoms. The van der Waals surface area contributed by atoms with Gasteiger partial charge < -0.3 is 5.32 Å². The van der Waals surface area contributed by atoms with Crippen molar-refractivity contribution < 1.29 is 0 Å². The number of anilines is 1. The predicted octanol–water partition coefficient (Wildman–Crippen LogP) is 4.06. The van der Waals surface area contributed by atoms with E-state index in [4.69, 9.17) is 4.98 Å². The maximum absolute atomic E-state index is 4.77. The number of rotatable bonds is 4. The number of aromatic nitrogens is 4. The zero-order valence-electron chi connectivity index (χ0n) is 13.0. The van der Waals surface area contributed by atoms with Crippen molar-refractivity contribution in [3.8, 4) is 11.3 Å². The summed E-state index contributed by atoms with van der Waals surface area (Å²) >= 11 is 1.63. The van der Waals surface area contributed by atoms with Gasteiger partial charge in [0.05, 0.1) is 17.1 Å². The molecule has 0 saturated heterocycles. The van der Waals surface area contributed by atoms with Gasteiger partial charge in [0.25, 0.3) is 0 Å². The van der Waals surface area contributed by atoms with Crippen molar-refractivity contribution in [3.05, 3.63) is 65.6 Å². The third-order valence-corrected chi connectivity index (χ3v) is 4.42. The summed E-state index contributed by atoms with van der Waals surface area (Å²) in [5.74, 6) is 0.606. The number of benzene rings is 1. The van der Waals surface area contributed by atoms with Crippen LogP contribution in [0, 0.1) is 0 Å². The lowest BCUT2D eigenvalue weighted by Crippen LogP contribution is -1.96. The van der Waals surface area contributed by atoms with Crippen LogP contribution in [0.1, 0.15) is 11.4 Å². The number of nitrogens with one attached hydrogen (secondary N) is 1. The van der Waals surface area contributed by atoms with Gasteiger partial charge in [0.2, 0.25) is 5.95 Å². The van der Waals surface area contributed by atoms with E-state index in [9.17, 15) is 0 Å². The predicted molar refractivity (Wildman–Crippen MR) is 99.0 cm³/mol. The fourth-order valence-corrected chi connectivity index (χ4v) is 3.24. The summed E-state index contributed by atoms with van der Waals surface area (Å²) in [5.41, 5.74) is 3.97. The van der Waals surface area contributed by atoms with Crippen LogP contribution in [0.15, 0.2) is 54.2 Å². The van der Waals surface area contributed by atoms with E-state index < -0.39 is 0 Å². The van der Waals surface area contributed by atoms with E-state index in [0.29, 0.717) is 5.95 Å². The van der Waals surface area contributed by atoms with Gasteiger partial charge in [0.15, 0.2) is 4.96 Å². The number of imidazole rings is 1. The molecule has 0 aliphatic heterocycles. The third kappa shape index (κ3) is 2.68. The molecule has 0 atom stereocenters. The van der Waals surface area contributed by atoms with Gasteiger partial charge in [0, 0.05) is 30.4 Å². The summed E-state index contributed by atoms with van der Waals surface area (Å²) in [7, 11) is 1.81. The molecule has 3 heterocycles. The molecule has 24 heavy (non-hydrogen) atoms. The third-order valence-electron chi connectivity index (χ3n) is 3.66. The molecule has 0 unspecified atom stereocenters. The highest BCUT2D eigenvalue weighted by atomic mass is 32.1. The van der Waals surface area contributed by atoms with Gasteiger partial charge in [-0.1, -0.05) is 30.3 Å². The standard InChI is InChI=1S/C18H15N5S/c1-19-17-20-10-9-14(21-17)7-8-15-16(13-5-3-2-4-6-13)22-18-23(15)11-12-24-18/h2-12H,1H3,(H,19,20,21). The minimum absolute atomic E-state index is 0.606. The summed E-state index contributed by atoms with van der Waals surface area (Å²) in [6.07, 6.45) is 7.82. The Balaban J connectivity index is 1.80. The second-order valence-corrected chi connectivity index (χ2v) is 6.03. The SMILES string of the molecule is CNc1nccc(C=Cc2c(-c3ccccc3)nc3sccn23)n1. The quantitative estimate of drug-likeness (QED) is 0.612. The van der Waals surface area contributed by atoms with Gasteiger partial charge in [-0.3, -0.25) is 4.40 Å². The molecule has 0 amide bonds. The van der Waals surface area contributed by atoms with E-state index >= 15 is 0 Å². The van der Waals surface area contributed by atoms with E-state index in [2.05, 4.69) is 37.9 Å². The van der Waals surface area contributed by atoms with Crippen LogP contribution in [0.4, 0.5) is 5.95 Å². The van der Waals surface area contributed by atoms with E-state index in [-0.39, 0.29) is 0 Å². The Bertz CT molecular complexity index is 1000. The van der Waals surface area contributed by atoms with E-state index in [0.717, 1.165) is 27.6 Å². The topological polar surface area (TPSA) is 55.1 Å². The number of fused-ring (bicyclic) bond motifs is 1. The molecule has 4 rings (SSSR count). The minimum Gasteiger partial charge on any atom is -0.357 e. The molecule has 0 radical (unpaired) electrons. The molecule has 4 aromatic rings. The van der Waals surface area contributed by atoms with Crippen LogP contribution in [0.2, 0.25) is 0 Å². The van der Waals surface area contributed by atoms with Crippen molar-refractivity contribution in [1.29, 1.82) is 0 Å². The van der Waals surface area contributed by atoms with Crippen LogP contribution in [-0.4, -0.2) is 26.4 Å². The molecule has 0 aliphatic rings. The Kier molecular flexibility index (Phi) is 3.80. The van der Waals surface area contributed by atoms with Crippen LogP contribution in [0.5, 0.6) is 0 Å². The largest absolute Gasteiger partial charge is 0.357 e. The molecule has 3 aromatic heterocycles. The summed E-state index contributed by atoms with van der Waals surface area (Å²) in [6.45, 7) is 0. The molecular formula is C18H15N5S. The Labute approximate surface area is 143 Å². The molecule has 0 aliphatic carbocycles. The summed E-state index contributed by atoms with van der Waals surface area (Å²) in [4.78, 5) is 14.3. The van der Waals surface area contributed by atoms with Crippen LogP contribution in [0.25, 0.3) is 28.4 Å². The van der Waals surface area contributed by atoms with Gasteiger partial charge in [-0.15, -0.1) is 11.3 Å². The van der Waals surface area contributed by atoms with Crippen molar-refractivity contribution in [1.82, 2.24) is 19.4 Å². The highest BCUT2D eigenvalue weighted by Crippen LogP contribution is 2.27. The molecule has 118 valence electrons. The lowest BCUT2D eigenvalue weighted by molar-refractivity contribution is 1.14. The second kappa shape index (κ2) is 6.25. The number of hydrogen-bond donors (Lipinski definition) is 1. The average Bonchev–Trinajstić information content (AvgIpc) is 3.22. The fraction of sp³-hybridized carbons (Fsp3) is 0.0556. The van der Waals surface area contributed by atoms with Crippen LogP contribution in [-0.2, 0) is 0 Å². The molecule has 0 saturated carbocycles. The molecule has 6 heteroatoms. The zero-order valence-corrected chi connectivity index (χ0v) is 13.9. The highest BCUT2D eigenvalue weighted by Gasteiger charge is 2.12. The maximum atomic E-state index is 4.77. The number of nitrogens with zero attached hydrogens (tertiary/aromatic N) is 4. The first-order valence-electron chi connectivity index (χ1n) is 7.55. The van der Waals surface area contributed by atoms with Gasteiger partial charge >= 0.3 is 0 Å². The van der Waals surface area contributed by atoms with E-state index in [1.165, 1.54) is 0 Å². The van der Waals surface area contributed by atoms with Crippen molar-refractivity contribution in [2.75, 3.05) is 12.4 Å². The number of thiazole rings is 1. The zero-order chi connectivity index (χ0) is 16.4. The van der Waals surface area contributed by atoms with Gasteiger partial charge in [-0.2, -0.15) is 0 Å². The van der Waals surface area contributed by atoms with E-state index in [1.54, 1.807) is 17.5 Å². The monoisotopic (exact) mass is 333 g/mol. The second-order valence-electron chi connectivity index (χ2n) is 5.16. The first-order valence-corrected chi connectivity index (χ1v) is 8.43. The molecule has 0 fully saturated rings. The van der Waals surface area contributed by atoms with Crippen molar-refractivity contribution in [3.63, 3.8) is 0 Å². The Morgan fingerprint density at radius 1 is 1.08 bits per heavy atom. The van der Waals surface area contributed by atoms with Crippen LogP contribution >= 0.6 is 11.3 Å². The Morgan fingerprint density at radius 3 is 2.79 bits per heavy atom. The smallest absolute Gasteiger partial charge is 0.222 e. The number of hydrogen-bond acceptors (Lipinski definition) is 5. The van der Waals surface area contributed by atoms with Gasteiger partial charge in [0.1, 0.15) is 0 Å². The molecule has 1 N–H and O–H groups in total. The normalized spacial score (nSPS) is 11.4. The van der Waals surface area contributed by atoms with E-state index in [1.807, 2.05) is 49.0 Å². The van der Waals surface area contributed by atoms with Crippen molar-refractivity contribution >= 4 is 34.4 Å². The summed E-state index contributed by atoms with van der Waals surface area (Å²) in [6, 6.07) is 12.1. The molecule has 1 aromatic carbocycles. The van der Waals surface area contributed by atoms with Crippen molar-refractivity contribution in [2.45, 2.75) is 0 Å². The van der Waals surface area contributed by atoms with Crippen molar-refractivity contribution in [2.24, 2.45) is 0 Å². The Hall–Kier alpha value is -2.99. The highest BCUT2D eigenvalue weighted by molar-refractivity contribution is 7.15. The fourth-order valence-electron chi connectivity index (χ4n) is 2.52. The Morgan fingerprint density at radius 2 is 1.96 bits per heavy atom. The van der Waals surface area contributed by atoms with Gasteiger partial charge in [-0.25, -0.2) is 15.0 Å². The average molecular weight is 333 g/mol.